The van der Waals surface area contributed by atoms with Crippen molar-refractivity contribution in [3.63, 3.8) is 0 Å². The highest BCUT2D eigenvalue weighted by molar-refractivity contribution is 9.10. The summed E-state index contributed by atoms with van der Waals surface area (Å²) >= 11 is 3.23. The molecule has 1 saturated carbocycles. The summed E-state index contributed by atoms with van der Waals surface area (Å²) in [4.78, 5) is 12.5. The van der Waals surface area contributed by atoms with Gasteiger partial charge in [-0.05, 0) is 41.3 Å². The number of halogens is 3. The zero-order valence-electron chi connectivity index (χ0n) is 15.8. The first kappa shape index (κ1) is 19.8. The van der Waals surface area contributed by atoms with E-state index in [1.54, 1.807) is 17.1 Å². The van der Waals surface area contributed by atoms with Crippen molar-refractivity contribution in [3.8, 4) is 0 Å². The van der Waals surface area contributed by atoms with Crippen molar-refractivity contribution in [1.29, 1.82) is 0 Å². The molecular formula is C20H20BrF2N5O. The number of amides is 1. The lowest BCUT2D eigenvalue weighted by atomic mass is 10.1. The number of benzene rings is 1. The van der Waals surface area contributed by atoms with E-state index in [0.29, 0.717) is 22.4 Å². The average molecular weight is 464 g/mol. The minimum Gasteiger partial charge on any atom is -0.322 e. The lowest BCUT2D eigenvalue weighted by molar-refractivity contribution is -0.117. The lowest BCUT2D eigenvalue weighted by Crippen LogP contribution is -2.20. The maximum Gasteiger partial charge on any atom is 0.283 e. The molecule has 1 aromatic carbocycles. The Hall–Kier alpha value is -2.55. The number of rotatable bonds is 7. The summed E-state index contributed by atoms with van der Waals surface area (Å²) in [5.41, 5.74) is 3.19. The Labute approximate surface area is 175 Å². The third-order valence-electron chi connectivity index (χ3n) is 4.76. The molecule has 9 heteroatoms. The van der Waals surface area contributed by atoms with Crippen LogP contribution in [-0.4, -0.2) is 25.5 Å². The molecule has 4 rings (SSSR count). The number of hydrogen-bond donors (Lipinski definition) is 1. The molecule has 0 bridgehead atoms. The van der Waals surface area contributed by atoms with E-state index in [0.717, 1.165) is 18.4 Å². The molecule has 29 heavy (non-hydrogen) atoms. The number of nitrogens with zero attached hydrogens (tertiary/aromatic N) is 4. The molecule has 0 saturated heterocycles. The van der Waals surface area contributed by atoms with Crippen LogP contribution in [0.3, 0.4) is 0 Å². The van der Waals surface area contributed by atoms with Crippen molar-refractivity contribution in [2.45, 2.75) is 45.2 Å². The van der Waals surface area contributed by atoms with E-state index in [1.807, 2.05) is 25.1 Å². The Kier molecular flexibility index (Phi) is 5.49. The van der Waals surface area contributed by atoms with Gasteiger partial charge in [-0.1, -0.05) is 29.8 Å². The maximum atomic E-state index is 13.2. The molecule has 2 aromatic heterocycles. The number of carbonyl (C=O) groups excluding carboxylic acids is 1. The summed E-state index contributed by atoms with van der Waals surface area (Å²) in [6.45, 7) is 2.49. The molecule has 1 amide bonds. The van der Waals surface area contributed by atoms with Gasteiger partial charge in [0.1, 0.15) is 12.2 Å². The minimum absolute atomic E-state index is 0.125. The molecule has 2 heterocycles. The van der Waals surface area contributed by atoms with E-state index < -0.39 is 6.43 Å². The molecule has 0 radical (unpaired) electrons. The smallest absolute Gasteiger partial charge is 0.283 e. The first-order valence-corrected chi connectivity index (χ1v) is 10.1. The van der Waals surface area contributed by atoms with Crippen molar-refractivity contribution in [2.24, 2.45) is 0 Å². The van der Waals surface area contributed by atoms with Gasteiger partial charge in [-0.25, -0.2) is 8.78 Å². The quantitative estimate of drug-likeness (QED) is 0.554. The molecular weight excluding hydrogens is 444 g/mol. The van der Waals surface area contributed by atoms with Crippen LogP contribution in [0.1, 0.15) is 47.7 Å². The van der Waals surface area contributed by atoms with E-state index in [-0.39, 0.29) is 24.1 Å². The Morgan fingerprint density at radius 2 is 2.17 bits per heavy atom. The molecule has 0 spiro atoms. The highest BCUT2D eigenvalue weighted by Gasteiger charge is 2.34. The molecule has 6 nitrogen and oxygen atoms in total. The number of hydrogen-bond acceptors (Lipinski definition) is 3. The Bertz CT molecular complexity index is 1040. The summed E-state index contributed by atoms with van der Waals surface area (Å²) in [5, 5.41) is 11.0. The van der Waals surface area contributed by atoms with Gasteiger partial charge in [0.05, 0.1) is 28.6 Å². The summed E-state index contributed by atoms with van der Waals surface area (Å²) in [6.07, 6.45) is 2.46. The molecule has 0 atom stereocenters. The third-order valence-corrected chi connectivity index (χ3v) is 5.58. The average Bonchev–Trinajstić information content (AvgIpc) is 3.31. The number of anilines is 1. The Morgan fingerprint density at radius 1 is 1.38 bits per heavy atom. The normalized spacial score (nSPS) is 13.8. The molecule has 1 fully saturated rings. The second-order valence-corrected chi connectivity index (χ2v) is 8.07. The number of aryl methyl sites for hydroxylation is 1. The van der Waals surface area contributed by atoms with Crippen LogP contribution < -0.4 is 5.32 Å². The summed E-state index contributed by atoms with van der Waals surface area (Å²) in [5.74, 6) is -0.160. The van der Waals surface area contributed by atoms with Gasteiger partial charge in [0.2, 0.25) is 5.91 Å². The zero-order valence-corrected chi connectivity index (χ0v) is 17.4. The fourth-order valence-electron chi connectivity index (χ4n) is 3.33. The minimum atomic E-state index is -2.69. The van der Waals surface area contributed by atoms with Crippen LogP contribution >= 0.6 is 15.9 Å². The van der Waals surface area contributed by atoms with Crippen molar-refractivity contribution < 1.29 is 13.6 Å². The largest absolute Gasteiger partial charge is 0.322 e. The van der Waals surface area contributed by atoms with Crippen molar-refractivity contribution in [2.75, 3.05) is 5.32 Å². The van der Waals surface area contributed by atoms with E-state index in [1.165, 1.54) is 10.2 Å². The first-order chi connectivity index (χ1) is 13.9. The molecule has 152 valence electrons. The van der Waals surface area contributed by atoms with Crippen LogP contribution in [-0.2, 0) is 17.9 Å². The predicted octanol–water partition coefficient (Wildman–Crippen LogP) is 4.65. The van der Waals surface area contributed by atoms with Gasteiger partial charge in [0.15, 0.2) is 0 Å². The van der Waals surface area contributed by atoms with Crippen LogP contribution in [0, 0.1) is 6.92 Å². The second kappa shape index (κ2) is 8.06. The van der Waals surface area contributed by atoms with E-state index in [9.17, 15) is 13.6 Å². The monoisotopic (exact) mass is 463 g/mol. The van der Waals surface area contributed by atoms with Gasteiger partial charge in [-0.15, -0.1) is 0 Å². The number of aromatic nitrogens is 4. The van der Waals surface area contributed by atoms with Gasteiger partial charge in [0.25, 0.3) is 6.43 Å². The zero-order chi connectivity index (χ0) is 20.5. The highest BCUT2D eigenvalue weighted by Crippen LogP contribution is 2.45. The van der Waals surface area contributed by atoms with Crippen LogP contribution in [0.15, 0.2) is 41.1 Å². The molecule has 1 aliphatic carbocycles. The SMILES string of the molecule is Cc1cccc(Cn2cc(NC(=O)Cn3nc(C(F)F)c(Br)c3C3CC3)cn2)c1. The number of carbonyl (C=O) groups is 1. The molecule has 0 aliphatic heterocycles. The van der Waals surface area contributed by atoms with Crippen molar-refractivity contribution >= 4 is 27.5 Å². The molecule has 1 N–H and O–H groups in total. The summed E-state index contributed by atoms with van der Waals surface area (Å²) in [6, 6.07) is 8.11. The van der Waals surface area contributed by atoms with Crippen LogP contribution in [0.25, 0.3) is 0 Å². The summed E-state index contributed by atoms with van der Waals surface area (Å²) < 4.78 is 29.8. The molecule has 0 unspecified atom stereocenters. The van der Waals surface area contributed by atoms with Gasteiger partial charge in [0, 0.05) is 12.1 Å². The van der Waals surface area contributed by atoms with Gasteiger partial charge in [-0.2, -0.15) is 10.2 Å². The molecule has 3 aromatic rings. The second-order valence-electron chi connectivity index (χ2n) is 7.28. The van der Waals surface area contributed by atoms with E-state index in [2.05, 4.69) is 37.5 Å². The van der Waals surface area contributed by atoms with Gasteiger partial charge < -0.3 is 5.32 Å². The topological polar surface area (TPSA) is 64.7 Å². The van der Waals surface area contributed by atoms with Crippen LogP contribution in [0.5, 0.6) is 0 Å². The Balaban J connectivity index is 1.43. The van der Waals surface area contributed by atoms with Crippen LogP contribution in [0.4, 0.5) is 14.5 Å². The molecule has 1 aliphatic rings. The van der Waals surface area contributed by atoms with E-state index >= 15 is 0 Å². The number of nitrogens with one attached hydrogen (secondary N) is 1. The van der Waals surface area contributed by atoms with Crippen molar-refractivity contribution in [3.05, 3.63) is 63.6 Å². The summed E-state index contributed by atoms with van der Waals surface area (Å²) in [7, 11) is 0. The van der Waals surface area contributed by atoms with Gasteiger partial charge >= 0.3 is 0 Å². The highest BCUT2D eigenvalue weighted by atomic mass is 79.9. The fraction of sp³-hybridized carbons (Fsp3) is 0.350. The van der Waals surface area contributed by atoms with Crippen LogP contribution in [0.2, 0.25) is 0 Å². The van der Waals surface area contributed by atoms with Gasteiger partial charge in [-0.3, -0.25) is 14.2 Å². The van der Waals surface area contributed by atoms with E-state index in [4.69, 9.17) is 0 Å². The fourth-order valence-corrected chi connectivity index (χ4v) is 4.11. The first-order valence-electron chi connectivity index (χ1n) is 9.33. The maximum absolute atomic E-state index is 13.2. The predicted molar refractivity (Wildman–Crippen MR) is 108 cm³/mol. The number of alkyl halides is 2. The lowest BCUT2D eigenvalue weighted by Gasteiger charge is -2.07. The standard InChI is InChI=1S/C20H20BrF2N5O/c1-12-3-2-4-13(7-12)9-27-10-15(8-24-27)25-16(29)11-28-19(14-5-6-14)17(21)18(26-28)20(22)23/h2-4,7-8,10,14,20H,5-6,9,11H2,1H3,(H,25,29). The third kappa shape index (κ3) is 4.55. The van der Waals surface area contributed by atoms with Crippen molar-refractivity contribution in [1.82, 2.24) is 19.6 Å². The Morgan fingerprint density at radius 3 is 2.86 bits per heavy atom.